The first kappa shape index (κ1) is 17.4. The van der Waals surface area contributed by atoms with E-state index in [1.54, 1.807) is 6.92 Å². The van der Waals surface area contributed by atoms with E-state index >= 15 is 0 Å². The van der Waals surface area contributed by atoms with Crippen LogP contribution in [0.3, 0.4) is 0 Å². The Morgan fingerprint density at radius 1 is 1.21 bits per heavy atom. The summed E-state index contributed by atoms with van der Waals surface area (Å²) in [7, 11) is 0. The molecule has 2 N–H and O–H groups in total. The summed E-state index contributed by atoms with van der Waals surface area (Å²) >= 11 is 1.16. The van der Waals surface area contributed by atoms with Crippen LogP contribution in [0.15, 0.2) is 0 Å². The lowest BCUT2D eigenvalue weighted by Crippen LogP contribution is -2.38. The van der Waals surface area contributed by atoms with Crippen molar-refractivity contribution in [1.82, 2.24) is 10.3 Å². The standard InChI is InChI=1S/C18H26N2O3S/c1-10-15(18(22)23)24-17(20-10)11(2)19-16(21)14-8-7-12-5-3-4-6-13(12)9-14/h11-14H,3-9H2,1-2H3,(H,19,21)(H,22,23). The molecule has 1 aromatic heterocycles. The monoisotopic (exact) mass is 350 g/mol. The van der Waals surface area contributed by atoms with Crippen LogP contribution in [0, 0.1) is 24.7 Å². The number of fused-ring (bicyclic) bond motifs is 1. The van der Waals surface area contributed by atoms with E-state index in [-0.39, 0.29) is 22.7 Å². The summed E-state index contributed by atoms with van der Waals surface area (Å²) in [6.07, 6.45) is 8.45. The number of thiazole rings is 1. The van der Waals surface area contributed by atoms with Gasteiger partial charge in [-0.15, -0.1) is 11.3 Å². The molecule has 4 unspecified atom stereocenters. The van der Waals surface area contributed by atoms with Gasteiger partial charge >= 0.3 is 5.97 Å². The predicted octanol–water partition coefficient (Wildman–Crippen LogP) is 3.93. The molecule has 1 heterocycles. The maximum atomic E-state index is 12.6. The van der Waals surface area contributed by atoms with Crippen molar-refractivity contribution in [2.45, 2.75) is 64.8 Å². The van der Waals surface area contributed by atoms with Gasteiger partial charge in [-0.25, -0.2) is 9.78 Å². The molecule has 0 aromatic carbocycles. The minimum Gasteiger partial charge on any atom is -0.477 e. The normalized spacial score (nSPS) is 28.0. The number of carboxylic acid groups (broad SMARTS) is 1. The quantitative estimate of drug-likeness (QED) is 0.862. The highest BCUT2D eigenvalue weighted by molar-refractivity contribution is 7.13. The second kappa shape index (κ2) is 7.21. The number of aromatic nitrogens is 1. The predicted molar refractivity (Wildman–Crippen MR) is 93.2 cm³/mol. The average molecular weight is 350 g/mol. The summed E-state index contributed by atoms with van der Waals surface area (Å²) in [5, 5.41) is 12.9. The van der Waals surface area contributed by atoms with Crippen LogP contribution in [-0.2, 0) is 4.79 Å². The number of carbonyl (C=O) groups excluding carboxylic acids is 1. The molecule has 0 radical (unpaired) electrons. The van der Waals surface area contributed by atoms with Crippen LogP contribution in [0.2, 0.25) is 0 Å². The van der Waals surface area contributed by atoms with Crippen LogP contribution >= 0.6 is 11.3 Å². The van der Waals surface area contributed by atoms with Gasteiger partial charge in [0.1, 0.15) is 9.88 Å². The van der Waals surface area contributed by atoms with E-state index in [9.17, 15) is 9.59 Å². The molecule has 2 aliphatic carbocycles. The molecule has 1 aromatic rings. The van der Waals surface area contributed by atoms with Crippen LogP contribution < -0.4 is 5.32 Å². The summed E-state index contributed by atoms with van der Waals surface area (Å²) in [5.74, 6) is 0.813. The summed E-state index contributed by atoms with van der Waals surface area (Å²) in [4.78, 5) is 28.4. The lowest BCUT2D eigenvalue weighted by atomic mass is 9.67. The Bertz CT molecular complexity index is 628. The van der Waals surface area contributed by atoms with Crippen molar-refractivity contribution in [3.05, 3.63) is 15.6 Å². The van der Waals surface area contributed by atoms with E-state index in [1.165, 1.54) is 32.1 Å². The fourth-order valence-electron chi connectivity index (χ4n) is 4.31. The number of amides is 1. The second-order valence-corrected chi connectivity index (χ2v) is 8.35. The molecule has 0 spiro atoms. The average Bonchev–Trinajstić information content (AvgIpc) is 2.96. The third kappa shape index (κ3) is 3.63. The summed E-state index contributed by atoms with van der Waals surface area (Å²) in [6.45, 7) is 3.58. The second-order valence-electron chi connectivity index (χ2n) is 7.32. The van der Waals surface area contributed by atoms with Gasteiger partial charge < -0.3 is 10.4 Å². The highest BCUT2D eigenvalue weighted by Crippen LogP contribution is 2.42. The first-order chi connectivity index (χ1) is 11.5. The molecule has 1 amide bonds. The third-order valence-electron chi connectivity index (χ3n) is 5.65. The van der Waals surface area contributed by atoms with Gasteiger partial charge in [0.15, 0.2) is 0 Å². The molecule has 2 fully saturated rings. The number of carboxylic acids is 1. The maximum absolute atomic E-state index is 12.6. The molecule has 0 saturated heterocycles. The molecule has 2 saturated carbocycles. The van der Waals surface area contributed by atoms with Gasteiger partial charge in [0.2, 0.25) is 5.91 Å². The topological polar surface area (TPSA) is 79.3 Å². The van der Waals surface area contributed by atoms with Gasteiger partial charge in [0, 0.05) is 5.92 Å². The van der Waals surface area contributed by atoms with E-state index in [2.05, 4.69) is 10.3 Å². The number of nitrogens with one attached hydrogen (secondary N) is 1. The molecular formula is C18H26N2O3S. The number of aryl methyl sites for hydroxylation is 1. The molecule has 5 nitrogen and oxygen atoms in total. The van der Waals surface area contributed by atoms with Crippen LogP contribution in [0.5, 0.6) is 0 Å². The molecule has 132 valence electrons. The first-order valence-electron chi connectivity index (χ1n) is 8.96. The third-order valence-corrected chi connectivity index (χ3v) is 6.98. The van der Waals surface area contributed by atoms with Crippen molar-refractivity contribution < 1.29 is 14.7 Å². The van der Waals surface area contributed by atoms with Gasteiger partial charge in [0.25, 0.3) is 0 Å². The number of hydrogen-bond donors (Lipinski definition) is 2. The molecule has 4 atom stereocenters. The van der Waals surface area contributed by atoms with Crippen molar-refractivity contribution in [3.63, 3.8) is 0 Å². The number of aromatic carboxylic acids is 1. The molecule has 2 aliphatic rings. The first-order valence-corrected chi connectivity index (χ1v) is 9.78. The number of nitrogens with zero attached hydrogens (tertiary/aromatic N) is 1. The van der Waals surface area contributed by atoms with Gasteiger partial charge in [-0.3, -0.25) is 4.79 Å². The fourth-order valence-corrected chi connectivity index (χ4v) is 5.21. The van der Waals surface area contributed by atoms with E-state index in [1.807, 2.05) is 6.92 Å². The zero-order valence-electron chi connectivity index (χ0n) is 14.4. The minimum atomic E-state index is -0.953. The van der Waals surface area contributed by atoms with Crippen molar-refractivity contribution >= 4 is 23.2 Å². The lowest BCUT2D eigenvalue weighted by Gasteiger charge is -2.38. The van der Waals surface area contributed by atoms with Crippen LogP contribution in [-0.4, -0.2) is 22.0 Å². The maximum Gasteiger partial charge on any atom is 0.347 e. The van der Waals surface area contributed by atoms with Gasteiger partial charge in [0.05, 0.1) is 11.7 Å². The number of rotatable bonds is 4. The van der Waals surface area contributed by atoms with Crippen molar-refractivity contribution in [3.8, 4) is 0 Å². The molecule has 0 bridgehead atoms. The molecule has 6 heteroatoms. The van der Waals surface area contributed by atoms with Crippen LogP contribution in [0.25, 0.3) is 0 Å². The Morgan fingerprint density at radius 3 is 2.58 bits per heavy atom. The van der Waals surface area contributed by atoms with Gasteiger partial charge in [-0.1, -0.05) is 25.7 Å². The SMILES string of the molecule is Cc1nc(C(C)NC(=O)C2CCC3CCCCC3C2)sc1C(=O)O. The lowest BCUT2D eigenvalue weighted by molar-refractivity contribution is -0.127. The Morgan fingerprint density at radius 2 is 1.92 bits per heavy atom. The van der Waals surface area contributed by atoms with Crippen molar-refractivity contribution in [1.29, 1.82) is 0 Å². The minimum absolute atomic E-state index is 0.104. The van der Waals surface area contributed by atoms with Crippen molar-refractivity contribution in [2.75, 3.05) is 0 Å². The molecule has 0 aliphatic heterocycles. The Labute approximate surface area is 146 Å². The smallest absolute Gasteiger partial charge is 0.347 e. The molecule has 24 heavy (non-hydrogen) atoms. The van der Waals surface area contributed by atoms with Crippen molar-refractivity contribution in [2.24, 2.45) is 17.8 Å². The Balaban J connectivity index is 1.60. The highest BCUT2D eigenvalue weighted by atomic mass is 32.1. The van der Waals surface area contributed by atoms with E-state index in [0.717, 1.165) is 36.0 Å². The largest absolute Gasteiger partial charge is 0.477 e. The van der Waals surface area contributed by atoms with E-state index in [4.69, 9.17) is 5.11 Å². The van der Waals surface area contributed by atoms with Gasteiger partial charge in [-0.05, 0) is 44.9 Å². The fraction of sp³-hybridized carbons (Fsp3) is 0.722. The Kier molecular flexibility index (Phi) is 5.23. The Hall–Kier alpha value is -1.43. The summed E-state index contributed by atoms with van der Waals surface area (Å²) in [6, 6.07) is -0.238. The van der Waals surface area contributed by atoms with E-state index < -0.39 is 5.97 Å². The highest BCUT2D eigenvalue weighted by Gasteiger charge is 2.35. The zero-order valence-corrected chi connectivity index (χ0v) is 15.2. The summed E-state index contributed by atoms with van der Waals surface area (Å²) in [5.41, 5.74) is 0.520. The molecular weight excluding hydrogens is 324 g/mol. The number of carbonyl (C=O) groups is 2. The number of hydrogen-bond acceptors (Lipinski definition) is 4. The van der Waals surface area contributed by atoms with Crippen LogP contribution in [0.4, 0.5) is 0 Å². The van der Waals surface area contributed by atoms with Gasteiger partial charge in [-0.2, -0.15) is 0 Å². The molecule has 3 rings (SSSR count). The van der Waals surface area contributed by atoms with E-state index in [0.29, 0.717) is 10.7 Å². The zero-order chi connectivity index (χ0) is 17.3. The summed E-state index contributed by atoms with van der Waals surface area (Å²) < 4.78 is 0. The van der Waals surface area contributed by atoms with Crippen LogP contribution in [0.1, 0.15) is 78.3 Å².